The smallest absolute Gasteiger partial charge is 0.416 e. The third kappa shape index (κ3) is 3.73. The molecule has 1 aliphatic heterocycles. The highest BCUT2D eigenvalue weighted by Gasteiger charge is 2.38. The van der Waals surface area contributed by atoms with Gasteiger partial charge in [0.25, 0.3) is 0 Å². The number of hydrogen-bond acceptors (Lipinski definition) is 7. The number of alkyl halides is 3. The molecular formula is C12H12F4N6O. The maximum absolute atomic E-state index is 12.8. The Bertz CT molecular complexity index is 650. The topological polar surface area (TPSA) is 71.2 Å². The number of rotatable bonds is 3. The van der Waals surface area contributed by atoms with Gasteiger partial charge in [-0.1, -0.05) is 0 Å². The normalized spacial score (nSPS) is 16.8. The van der Waals surface area contributed by atoms with Crippen molar-refractivity contribution in [1.29, 1.82) is 0 Å². The third-order valence-corrected chi connectivity index (χ3v) is 3.33. The molecule has 1 saturated heterocycles. The van der Waals surface area contributed by atoms with Gasteiger partial charge in [0.15, 0.2) is 5.82 Å². The first-order valence-electron chi connectivity index (χ1n) is 6.76. The molecule has 0 spiro atoms. The molecule has 0 N–H and O–H groups in total. The van der Waals surface area contributed by atoms with E-state index < -0.39 is 17.9 Å². The average Bonchev–Trinajstić information content (AvgIpc) is 2.98. The molecule has 0 atom stereocenters. The maximum Gasteiger partial charge on any atom is 0.470 e. The summed E-state index contributed by atoms with van der Waals surface area (Å²) in [6, 6.07) is 0. The van der Waals surface area contributed by atoms with Crippen LogP contribution in [0, 0.1) is 5.82 Å². The number of hydrogen-bond donors (Lipinski definition) is 0. The van der Waals surface area contributed by atoms with Gasteiger partial charge in [-0.15, -0.1) is 10.2 Å². The molecule has 11 heteroatoms. The first-order valence-corrected chi connectivity index (χ1v) is 6.76. The molecule has 0 aromatic carbocycles. The number of anilines is 1. The molecule has 0 aliphatic carbocycles. The van der Waals surface area contributed by atoms with Crippen LogP contribution in [0.25, 0.3) is 0 Å². The highest BCUT2D eigenvalue weighted by atomic mass is 19.4. The minimum atomic E-state index is -4.64. The minimum Gasteiger partial charge on any atom is -0.416 e. The predicted octanol–water partition coefficient (Wildman–Crippen LogP) is 1.34. The van der Waals surface area contributed by atoms with Crippen LogP contribution >= 0.6 is 0 Å². The summed E-state index contributed by atoms with van der Waals surface area (Å²) >= 11 is 0. The van der Waals surface area contributed by atoms with Crippen molar-refractivity contribution in [3.05, 3.63) is 30.0 Å². The number of piperazine rings is 1. The summed E-state index contributed by atoms with van der Waals surface area (Å²) in [5, 5.41) is 6.39. The summed E-state index contributed by atoms with van der Waals surface area (Å²) in [5.74, 6) is -1.51. The van der Waals surface area contributed by atoms with Crippen LogP contribution in [0.5, 0.6) is 0 Å². The van der Waals surface area contributed by atoms with Crippen molar-refractivity contribution in [2.24, 2.45) is 0 Å². The standard InChI is InChI=1S/C12H12F4N6O/c13-8-5-17-11(18-6-8)22-3-1-21(2-4-22)7-9-19-20-10(23-9)12(14,15)16/h5-6H,1-4,7H2. The monoisotopic (exact) mass is 332 g/mol. The molecule has 2 aromatic rings. The Balaban J connectivity index is 1.55. The lowest BCUT2D eigenvalue weighted by Crippen LogP contribution is -2.46. The molecule has 23 heavy (non-hydrogen) atoms. The van der Waals surface area contributed by atoms with Gasteiger partial charge in [-0.2, -0.15) is 13.2 Å². The Morgan fingerprint density at radius 1 is 1.04 bits per heavy atom. The van der Waals surface area contributed by atoms with E-state index in [9.17, 15) is 17.6 Å². The Labute approximate surface area is 127 Å². The Kier molecular flexibility index (Phi) is 4.11. The van der Waals surface area contributed by atoms with Crippen molar-refractivity contribution in [3.8, 4) is 0 Å². The Morgan fingerprint density at radius 3 is 2.26 bits per heavy atom. The first kappa shape index (κ1) is 15.6. The molecule has 0 saturated carbocycles. The number of aromatic nitrogens is 4. The lowest BCUT2D eigenvalue weighted by atomic mass is 10.3. The van der Waals surface area contributed by atoms with Crippen LogP contribution in [-0.4, -0.2) is 51.2 Å². The van der Waals surface area contributed by atoms with E-state index >= 15 is 0 Å². The van der Waals surface area contributed by atoms with Crippen LogP contribution < -0.4 is 4.90 Å². The molecular weight excluding hydrogens is 320 g/mol. The highest BCUT2D eigenvalue weighted by Crippen LogP contribution is 2.27. The maximum atomic E-state index is 12.8. The Morgan fingerprint density at radius 2 is 1.70 bits per heavy atom. The van der Waals surface area contributed by atoms with Crippen LogP contribution in [0.2, 0.25) is 0 Å². The largest absolute Gasteiger partial charge is 0.470 e. The van der Waals surface area contributed by atoms with Crippen molar-refractivity contribution >= 4 is 5.95 Å². The fourth-order valence-corrected chi connectivity index (χ4v) is 2.20. The third-order valence-electron chi connectivity index (χ3n) is 3.33. The van der Waals surface area contributed by atoms with E-state index in [-0.39, 0.29) is 12.4 Å². The van der Waals surface area contributed by atoms with Gasteiger partial charge in [-0.25, -0.2) is 14.4 Å². The summed E-state index contributed by atoms with van der Waals surface area (Å²) in [5.41, 5.74) is 0. The molecule has 2 aromatic heterocycles. The molecule has 1 aliphatic rings. The van der Waals surface area contributed by atoms with Gasteiger partial charge < -0.3 is 9.32 Å². The lowest BCUT2D eigenvalue weighted by Gasteiger charge is -2.33. The van der Waals surface area contributed by atoms with Gasteiger partial charge in [-0.05, 0) is 0 Å². The van der Waals surface area contributed by atoms with Gasteiger partial charge in [0.05, 0.1) is 18.9 Å². The van der Waals surface area contributed by atoms with E-state index in [1.54, 1.807) is 0 Å². The highest BCUT2D eigenvalue weighted by molar-refractivity contribution is 5.29. The van der Waals surface area contributed by atoms with Gasteiger partial charge in [0.2, 0.25) is 11.8 Å². The van der Waals surface area contributed by atoms with Crippen molar-refractivity contribution in [2.45, 2.75) is 12.7 Å². The molecule has 0 bridgehead atoms. The van der Waals surface area contributed by atoms with Crippen LogP contribution in [-0.2, 0) is 12.7 Å². The number of halogens is 4. The molecule has 1 fully saturated rings. The predicted molar refractivity (Wildman–Crippen MR) is 68.8 cm³/mol. The molecule has 3 heterocycles. The fraction of sp³-hybridized carbons (Fsp3) is 0.500. The van der Waals surface area contributed by atoms with Crippen LogP contribution in [0.4, 0.5) is 23.5 Å². The average molecular weight is 332 g/mol. The van der Waals surface area contributed by atoms with Gasteiger partial charge in [-0.3, -0.25) is 4.90 Å². The second kappa shape index (κ2) is 6.07. The summed E-state index contributed by atoms with van der Waals surface area (Å²) in [7, 11) is 0. The summed E-state index contributed by atoms with van der Waals surface area (Å²) in [6.45, 7) is 2.38. The molecule has 3 rings (SSSR count). The quantitative estimate of drug-likeness (QED) is 0.786. The van der Waals surface area contributed by atoms with Crippen molar-refractivity contribution in [1.82, 2.24) is 25.1 Å². The molecule has 124 valence electrons. The zero-order valence-corrected chi connectivity index (χ0v) is 11.8. The van der Waals surface area contributed by atoms with E-state index in [0.717, 1.165) is 12.4 Å². The van der Waals surface area contributed by atoms with Crippen molar-refractivity contribution in [3.63, 3.8) is 0 Å². The fourth-order valence-electron chi connectivity index (χ4n) is 2.20. The second-order valence-electron chi connectivity index (χ2n) is 4.96. The summed E-state index contributed by atoms with van der Waals surface area (Å²) in [4.78, 5) is 11.5. The van der Waals surface area contributed by atoms with Gasteiger partial charge in [0.1, 0.15) is 0 Å². The number of nitrogens with zero attached hydrogens (tertiary/aromatic N) is 6. The lowest BCUT2D eigenvalue weighted by molar-refractivity contribution is -0.157. The Hall–Kier alpha value is -2.30. The molecule has 0 amide bonds. The first-order chi connectivity index (χ1) is 10.9. The second-order valence-corrected chi connectivity index (χ2v) is 4.96. The van der Waals surface area contributed by atoms with Gasteiger partial charge in [0, 0.05) is 26.2 Å². The van der Waals surface area contributed by atoms with E-state index in [4.69, 9.17) is 0 Å². The summed E-state index contributed by atoms with van der Waals surface area (Å²) < 4.78 is 54.6. The van der Waals surface area contributed by atoms with Crippen LogP contribution in [0.15, 0.2) is 16.8 Å². The van der Waals surface area contributed by atoms with Crippen molar-refractivity contribution < 1.29 is 22.0 Å². The summed E-state index contributed by atoms with van der Waals surface area (Å²) in [6.07, 6.45) is -2.46. The van der Waals surface area contributed by atoms with E-state index in [0.29, 0.717) is 32.1 Å². The van der Waals surface area contributed by atoms with Crippen molar-refractivity contribution in [2.75, 3.05) is 31.1 Å². The zero-order chi connectivity index (χ0) is 16.4. The molecule has 0 unspecified atom stereocenters. The molecule has 7 nitrogen and oxygen atoms in total. The SMILES string of the molecule is Fc1cnc(N2CCN(Cc3nnc(C(F)(F)F)o3)CC2)nc1. The molecule has 0 radical (unpaired) electrons. The van der Waals surface area contributed by atoms with E-state index in [2.05, 4.69) is 24.6 Å². The van der Waals surface area contributed by atoms with Gasteiger partial charge >= 0.3 is 12.1 Å². The van der Waals surface area contributed by atoms with Crippen LogP contribution in [0.1, 0.15) is 11.8 Å². The minimum absolute atomic E-state index is 0.0798. The zero-order valence-electron chi connectivity index (χ0n) is 11.8. The van der Waals surface area contributed by atoms with E-state index in [1.165, 1.54) is 0 Å². The van der Waals surface area contributed by atoms with E-state index in [1.807, 2.05) is 9.80 Å². The van der Waals surface area contributed by atoms with Crippen LogP contribution in [0.3, 0.4) is 0 Å².